The quantitative estimate of drug-likeness (QED) is 0.801. The molecule has 1 aromatic heterocycles. The van der Waals surface area contributed by atoms with Gasteiger partial charge in [-0.1, -0.05) is 6.07 Å². The van der Waals surface area contributed by atoms with Crippen molar-refractivity contribution in [3.63, 3.8) is 0 Å². The van der Waals surface area contributed by atoms with Crippen molar-refractivity contribution in [3.8, 4) is 0 Å². The number of amides is 1. The van der Waals surface area contributed by atoms with E-state index in [2.05, 4.69) is 31.5 Å². The minimum Gasteiger partial charge on any atom is -0.309 e. The fourth-order valence-corrected chi connectivity index (χ4v) is 1.94. The van der Waals surface area contributed by atoms with Crippen LogP contribution in [-0.2, 0) is 4.79 Å². The minimum atomic E-state index is -0.0641. The Morgan fingerprint density at radius 1 is 1.60 bits per heavy atom. The molecule has 0 radical (unpaired) electrons. The summed E-state index contributed by atoms with van der Waals surface area (Å²) >= 11 is 3.26. The van der Waals surface area contributed by atoms with Gasteiger partial charge >= 0.3 is 0 Å². The molecule has 1 saturated heterocycles. The van der Waals surface area contributed by atoms with Crippen LogP contribution in [0.1, 0.15) is 12.8 Å². The van der Waals surface area contributed by atoms with Crippen molar-refractivity contribution in [3.05, 3.63) is 22.8 Å². The Kier molecular flexibility index (Phi) is 3.33. The standard InChI is InChI=1S/C10H12BrN3O/c11-8-4-1-5-9(13-8)14-10(15)7-3-2-6-12-7/h1,4-5,7,12H,2-3,6H2,(H,13,14,15). The first kappa shape index (κ1) is 10.6. The van der Waals surface area contributed by atoms with Gasteiger partial charge in [-0.05, 0) is 47.4 Å². The molecule has 1 aliphatic rings. The second-order valence-corrected chi connectivity index (χ2v) is 4.30. The van der Waals surface area contributed by atoms with Gasteiger partial charge in [0.1, 0.15) is 10.4 Å². The Hall–Kier alpha value is -0.940. The van der Waals surface area contributed by atoms with Crippen molar-refractivity contribution in [1.82, 2.24) is 10.3 Å². The lowest BCUT2D eigenvalue weighted by molar-refractivity contribution is -0.117. The van der Waals surface area contributed by atoms with Gasteiger partial charge < -0.3 is 10.6 Å². The topological polar surface area (TPSA) is 54.0 Å². The molecule has 5 heteroatoms. The number of nitrogens with one attached hydrogen (secondary N) is 2. The highest BCUT2D eigenvalue weighted by Gasteiger charge is 2.21. The third-order valence-corrected chi connectivity index (χ3v) is 2.78. The molecule has 0 saturated carbocycles. The molecule has 4 nitrogen and oxygen atoms in total. The smallest absolute Gasteiger partial charge is 0.242 e. The van der Waals surface area contributed by atoms with Crippen molar-refractivity contribution in [2.75, 3.05) is 11.9 Å². The average Bonchev–Trinajstić information content (AvgIpc) is 2.70. The lowest BCUT2D eigenvalue weighted by atomic mass is 10.2. The third kappa shape index (κ3) is 2.76. The molecular weight excluding hydrogens is 258 g/mol. The van der Waals surface area contributed by atoms with Crippen LogP contribution in [0.4, 0.5) is 5.82 Å². The lowest BCUT2D eigenvalue weighted by Crippen LogP contribution is -2.35. The fraction of sp³-hybridized carbons (Fsp3) is 0.400. The number of hydrogen-bond donors (Lipinski definition) is 2. The predicted octanol–water partition coefficient (Wildman–Crippen LogP) is 1.53. The van der Waals surface area contributed by atoms with E-state index in [0.717, 1.165) is 24.0 Å². The summed E-state index contributed by atoms with van der Waals surface area (Å²) in [6.07, 6.45) is 1.96. The van der Waals surface area contributed by atoms with Gasteiger partial charge in [-0.2, -0.15) is 0 Å². The van der Waals surface area contributed by atoms with E-state index < -0.39 is 0 Å². The molecule has 2 rings (SSSR count). The molecule has 1 atom stereocenters. The van der Waals surface area contributed by atoms with Gasteiger partial charge in [0.25, 0.3) is 0 Å². The van der Waals surface area contributed by atoms with E-state index in [9.17, 15) is 4.79 Å². The highest BCUT2D eigenvalue weighted by Crippen LogP contribution is 2.12. The van der Waals surface area contributed by atoms with Gasteiger partial charge in [-0.3, -0.25) is 4.79 Å². The molecule has 0 aliphatic carbocycles. The van der Waals surface area contributed by atoms with Crippen molar-refractivity contribution >= 4 is 27.7 Å². The summed E-state index contributed by atoms with van der Waals surface area (Å²) in [6, 6.07) is 5.38. The van der Waals surface area contributed by atoms with Crippen LogP contribution in [0.2, 0.25) is 0 Å². The predicted molar refractivity (Wildman–Crippen MR) is 61.6 cm³/mol. The number of aromatic nitrogens is 1. The van der Waals surface area contributed by atoms with Crippen molar-refractivity contribution < 1.29 is 4.79 Å². The molecule has 0 aromatic carbocycles. The maximum atomic E-state index is 11.7. The van der Waals surface area contributed by atoms with Gasteiger partial charge in [0.2, 0.25) is 5.91 Å². The molecule has 1 aromatic rings. The summed E-state index contributed by atoms with van der Waals surface area (Å²) in [6.45, 7) is 0.921. The highest BCUT2D eigenvalue weighted by atomic mass is 79.9. The summed E-state index contributed by atoms with van der Waals surface area (Å²) in [5.41, 5.74) is 0. The molecule has 80 valence electrons. The highest BCUT2D eigenvalue weighted by molar-refractivity contribution is 9.10. The Labute approximate surface area is 96.6 Å². The van der Waals surface area contributed by atoms with Crippen LogP contribution in [0.25, 0.3) is 0 Å². The Bertz CT molecular complexity index is 363. The van der Waals surface area contributed by atoms with E-state index in [4.69, 9.17) is 0 Å². The zero-order valence-corrected chi connectivity index (χ0v) is 9.75. The molecule has 0 bridgehead atoms. The first-order valence-corrected chi connectivity index (χ1v) is 5.72. The van der Waals surface area contributed by atoms with Gasteiger partial charge in [0, 0.05) is 0 Å². The van der Waals surface area contributed by atoms with Crippen LogP contribution in [-0.4, -0.2) is 23.5 Å². The fourth-order valence-electron chi connectivity index (χ4n) is 1.60. The van der Waals surface area contributed by atoms with E-state index >= 15 is 0 Å². The monoisotopic (exact) mass is 269 g/mol. The molecular formula is C10H12BrN3O. The third-order valence-electron chi connectivity index (χ3n) is 2.34. The molecule has 2 N–H and O–H groups in total. The Morgan fingerprint density at radius 3 is 3.13 bits per heavy atom. The van der Waals surface area contributed by atoms with Gasteiger partial charge in [0.05, 0.1) is 6.04 Å². The summed E-state index contributed by atoms with van der Waals surface area (Å²) in [5, 5.41) is 5.92. The van der Waals surface area contributed by atoms with Crippen LogP contribution in [0.15, 0.2) is 22.8 Å². The molecule has 2 heterocycles. The molecule has 1 unspecified atom stereocenters. The molecule has 1 fully saturated rings. The van der Waals surface area contributed by atoms with Crippen molar-refractivity contribution in [1.29, 1.82) is 0 Å². The number of anilines is 1. The number of nitrogens with zero attached hydrogens (tertiary/aromatic N) is 1. The van der Waals surface area contributed by atoms with Crippen LogP contribution >= 0.6 is 15.9 Å². The van der Waals surface area contributed by atoms with Crippen LogP contribution in [0.5, 0.6) is 0 Å². The summed E-state index contributed by atoms with van der Waals surface area (Å²) < 4.78 is 0.722. The van der Waals surface area contributed by atoms with Gasteiger partial charge in [0.15, 0.2) is 0 Å². The van der Waals surface area contributed by atoms with E-state index in [1.807, 2.05) is 12.1 Å². The first-order valence-electron chi connectivity index (χ1n) is 4.92. The second kappa shape index (κ2) is 4.72. The SMILES string of the molecule is O=C(Nc1cccc(Br)n1)C1CCCN1. The van der Waals surface area contributed by atoms with E-state index in [0.29, 0.717) is 5.82 Å². The number of carbonyl (C=O) groups is 1. The average molecular weight is 270 g/mol. The molecule has 1 amide bonds. The minimum absolute atomic E-state index is 0.00176. The second-order valence-electron chi connectivity index (χ2n) is 3.48. The van der Waals surface area contributed by atoms with Crippen molar-refractivity contribution in [2.24, 2.45) is 0 Å². The lowest BCUT2D eigenvalue weighted by Gasteiger charge is -2.10. The van der Waals surface area contributed by atoms with Crippen LogP contribution < -0.4 is 10.6 Å². The summed E-state index contributed by atoms with van der Waals surface area (Å²) in [7, 11) is 0. The van der Waals surface area contributed by atoms with E-state index in [1.54, 1.807) is 6.07 Å². The largest absolute Gasteiger partial charge is 0.309 e. The van der Waals surface area contributed by atoms with Gasteiger partial charge in [-0.15, -0.1) is 0 Å². The zero-order valence-electron chi connectivity index (χ0n) is 8.16. The summed E-state index contributed by atoms with van der Waals surface area (Å²) in [4.78, 5) is 15.8. The molecule has 15 heavy (non-hydrogen) atoms. The number of halogens is 1. The Morgan fingerprint density at radius 2 is 2.47 bits per heavy atom. The zero-order chi connectivity index (χ0) is 10.7. The van der Waals surface area contributed by atoms with Crippen LogP contribution in [0.3, 0.4) is 0 Å². The van der Waals surface area contributed by atoms with E-state index in [1.165, 1.54) is 0 Å². The van der Waals surface area contributed by atoms with Crippen molar-refractivity contribution in [2.45, 2.75) is 18.9 Å². The normalized spacial score (nSPS) is 20.2. The number of rotatable bonds is 2. The summed E-state index contributed by atoms with van der Waals surface area (Å²) in [5.74, 6) is 0.584. The maximum Gasteiger partial charge on any atom is 0.242 e. The maximum absolute atomic E-state index is 11.7. The Balaban J connectivity index is 1.99. The number of hydrogen-bond acceptors (Lipinski definition) is 3. The molecule has 1 aliphatic heterocycles. The molecule has 0 spiro atoms. The van der Waals surface area contributed by atoms with Gasteiger partial charge in [-0.25, -0.2) is 4.98 Å². The van der Waals surface area contributed by atoms with E-state index in [-0.39, 0.29) is 11.9 Å². The van der Waals surface area contributed by atoms with Crippen LogP contribution in [0, 0.1) is 0 Å². The number of carbonyl (C=O) groups excluding carboxylic acids is 1. The number of pyridine rings is 1. The first-order chi connectivity index (χ1) is 7.25.